The summed E-state index contributed by atoms with van der Waals surface area (Å²) in [6, 6.07) is 6.96. The van der Waals surface area contributed by atoms with Crippen molar-refractivity contribution in [1.82, 2.24) is 15.1 Å². The monoisotopic (exact) mass is 331 g/mol. The molecule has 1 spiro atoms. The van der Waals surface area contributed by atoms with Crippen molar-refractivity contribution >= 4 is 11.8 Å². The first-order valence-corrected chi connectivity index (χ1v) is 8.19. The Morgan fingerprint density at radius 2 is 2.00 bits per heavy atom. The van der Waals surface area contributed by atoms with Gasteiger partial charge in [-0.15, -0.1) is 0 Å². The Kier molecular flexibility index (Phi) is 3.59. The van der Waals surface area contributed by atoms with Crippen molar-refractivity contribution in [3.05, 3.63) is 29.8 Å². The summed E-state index contributed by atoms with van der Waals surface area (Å²) in [6.07, 6.45) is -0.155. The van der Waals surface area contributed by atoms with Gasteiger partial charge in [0.1, 0.15) is 11.3 Å². The van der Waals surface area contributed by atoms with Crippen molar-refractivity contribution in [2.75, 3.05) is 26.7 Å². The van der Waals surface area contributed by atoms with E-state index in [0.717, 1.165) is 11.3 Å². The maximum absolute atomic E-state index is 13.0. The molecule has 3 aliphatic heterocycles. The Hall–Kier alpha value is -1.96. The van der Waals surface area contributed by atoms with Gasteiger partial charge in [0.2, 0.25) is 5.91 Å². The zero-order chi connectivity index (χ0) is 16.9. The lowest BCUT2D eigenvalue weighted by Crippen LogP contribution is -2.80. The van der Waals surface area contributed by atoms with Crippen LogP contribution in [0.1, 0.15) is 12.0 Å². The van der Waals surface area contributed by atoms with Crippen LogP contribution in [0.15, 0.2) is 24.3 Å². The second kappa shape index (κ2) is 5.54. The maximum atomic E-state index is 13.0. The number of imide groups is 1. The number of hydrogen-bond donors (Lipinski definition) is 2. The summed E-state index contributed by atoms with van der Waals surface area (Å²) in [5, 5.41) is 13.1. The van der Waals surface area contributed by atoms with Crippen LogP contribution in [-0.2, 0) is 16.1 Å². The van der Waals surface area contributed by atoms with Gasteiger partial charge in [0.25, 0.3) is 5.91 Å². The molecule has 2 N–H and O–H groups in total. The first-order valence-electron chi connectivity index (χ1n) is 8.19. The summed E-state index contributed by atoms with van der Waals surface area (Å²) in [6.45, 7) is 1.70. The molecule has 3 saturated heterocycles. The fourth-order valence-corrected chi connectivity index (χ4v) is 3.95. The summed E-state index contributed by atoms with van der Waals surface area (Å²) in [7, 11) is 1.60. The van der Waals surface area contributed by atoms with Gasteiger partial charge in [-0.3, -0.25) is 19.4 Å². The van der Waals surface area contributed by atoms with Crippen LogP contribution in [0.4, 0.5) is 0 Å². The number of nitrogens with one attached hydrogen (secondary N) is 1. The summed E-state index contributed by atoms with van der Waals surface area (Å²) >= 11 is 0. The first kappa shape index (κ1) is 15.6. The Morgan fingerprint density at radius 1 is 1.29 bits per heavy atom. The molecule has 3 heterocycles. The molecule has 0 aromatic heterocycles. The highest BCUT2D eigenvalue weighted by Crippen LogP contribution is 2.37. The second-order valence-electron chi connectivity index (χ2n) is 6.77. The number of hydrogen-bond acceptors (Lipinski definition) is 6. The standard InChI is InChI=1S/C17H21N3O4/c1-24-13-4-2-11(3-5-13)7-19-15(22)14-6-12(21)8-20(14)17(16(19)23)9-18-10-17/h2-5,12,14,18,21H,6-10H2,1H3/t12-,14+/m1/s1. The smallest absolute Gasteiger partial charge is 0.252 e. The largest absolute Gasteiger partial charge is 0.497 e. The van der Waals surface area contributed by atoms with E-state index in [1.807, 2.05) is 29.2 Å². The van der Waals surface area contributed by atoms with E-state index in [9.17, 15) is 14.7 Å². The number of ether oxygens (including phenoxy) is 1. The summed E-state index contributed by atoms with van der Waals surface area (Å²) in [5.74, 6) is 0.372. The molecule has 0 aliphatic carbocycles. The van der Waals surface area contributed by atoms with Crippen LogP contribution in [0, 0.1) is 0 Å². The van der Waals surface area contributed by atoms with Crippen LogP contribution in [0.3, 0.4) is 0 Å². The third kappa shape index (κ3) is 2.16. The molecule has 1 aromatic carbocycles. The van der Waals surface area contributed by atoms with Gasteiger partial charge in [0.05, 0.1) is 25.8 Å². The summed E-state index contributed by atoms with van der Waals surface area (Å²) < 4.78 is 5.14. The topological polar surface area (TPSA) is 82.1 Å². The van der Waals surface area contributed by atoms with Crippen LogP contribution in [-0.4, -0.2) is 71.1 Å². The molecule has 7 nitrogen and oxygen atoms in total. The van der Waals surface area contributed by atoms with Crippen molar-refractivity contribution in [1.29, 1.82) is 0 Å². The molecule has 4 rings (SSSR count). The van der Waals surface area contributed by atoms with Gasteiger partial charge in [-0.25, -0.2) is 0 Å². The number of piperazine rings is 1. The average Bonchev–Trinajstić information content (AvgIpc) is 2.93. The van der Waals surface area contributed by atoms with Crippen LogP contribution in [0.25, 0.3) is 0 Å². The highest BCUT2D eigenvalue weighted by atomic mass is 16.5. The van der Waals surface area contributed by atoms with Gasteiger partial charge in [-0.05, 0) is 24.1 Å². The van der Waals surface area contributed by atoms with E-state index in [0.29, 0.717) is 26.1 Å². The van der Waals surface area contributed by atoms with Gasteiger partial charge in [0, 0.05) is 19.6 Å². The number of fused-ring (bicyclic) bond motifs is 2. The molecule has 24 heavy (non-hydrogen) atoms. The Labute approximate surface area is 140 Å². The minimum absolute atomic E-state index is 0.160. The average molecular weight is 331 g/mol. The molecule has 7 heteroatoms. The Balaban J connectivity index is 1.62. The highest BCUT2D eigenvalue weighted by Gasteiger charge is 2.61. The van der Waals surface area contributed by atoms with E-state index in [4.69, 9.17) is 4.74 Å². The quantitative estimate of drug-likeness (QED) is 0.716. The summed E-state index contributed by atoms with van der Waals surface area (Å²) in [5.41, 5.74) is 0.203. The van der Waals surface area contributed by atoms with E-state index in [2.05, 4.69) is 5.32 Å². The van der Waals surface area contributed by atoms with E-state index in [1.54, 1.807) is 7.11 Å². The SMILES string of the molecule is COc1ccc(CN2C(=O)[C@@H]3C[C@@H](O)CN3C3(CNC3)C2=O)cc1. The lowest BCUT2D eigenvalue weighted by molar-refractivity contribution is -0.171. The second-order valence-corrected chi connectivity index (χ2v) is 6.77. The van der Waals surface area contributed by atoms with Crippen LogP contribution in [0.5, 0.6) is 5.75 Å². The molecular weight excluding hydrogens is 310 g/mol. The van der Waals surface area contributed by atoms with E-state index in [1.165, 1.54) is 4.90 Å². The Morgan fingerprint density at radius 3 is 2.58 bits per heavy atom. The van der Waals surface area contributed by atoms with Gasteiger partial charge in [-0.2, -0.15) is 0 Å². The normalized spacial score (nSPS) is 28.8. The number of β-amino-alcohol motifs (C(OH)–C–C–N with tert-alkyl or cyclic N) is 1. The maximum Gasteiger partial charge on any atom is 0.252 e. The number of rotatable bonds is 3. The third-order valence-corrected chi connectivity index (χ3v) is 5.36. The number of amides is 2. The van der Waals surface area contributed by atoms with Gasteiger partial charge < -0.3 is 15.2 Å². The van der Waals surface area contributed by atoms with Crippen molar-refractivity contribution in [2.24, 2.45) is 0 Å². The minimum atomic E-state index is -0.678. The summed E-state index contributed by atoms with van der Waals surface area (Å²) in [4.78, 5) is 29.1. The predicted molar refractivity (Wildman–Crippen MR) is 85.3 cm³/mol. The number of benzene rings is 1. The minimum Gasteiger partial charge on any atom is -0.497 e. The molecular formula is C17H21N3O4. The number of carbonyl (C=O) groups excluding carboxylic acids is 2. The van der Waals surface area contributed by atoms with E-state index < -0.39 is 17.7 Å². The lowest BCUT2D eigenvalue weighted by atomic mass is 9.84. The van der Waals surface area contributed by atoms with Crippen molar-refractivity contribution in [3.8, 4) is 5.75 Å². The number of methoxy groups -OCH3 is 1. The third-order valence-electron chi connectivity index (χ3n) is 5.36. The molecule has 128 valence electrons. The molecule has 0 unspecified atom stereocenters. The zero-order valence-corrected chi connectivity index (χ0v) is 13.6. The number of nitrogens with zero attached hydrogens (tertiary/aromatic N) is 2. The highest BCUT2D eigenvalue weighted by molar-refractivity contribution is 6.06. The molecule has 1 aromatic rings. The van der Waals surface area contributed by atoms with Crippen molar-refractivity contribution in [2.45, 2.75) is 30.7 Å². The first-order chi connectivity index (χ1) is 11.5. The van der Waals surface area contributed by atoms with E-state index >= 15 is 0 Å². The molecule has 2 atom stereocenters. The fourth-order valence-electron chi connectivity index (χ4n) is 3.95. The Bertz CT molecular complexity index is 671. The van der Waals surface area contributed by atoms with Crippen LogP contribution >= 0.6 is 0 Å². The number of aliphatic hydroxyl groups is 1. The zero-order valence-electron chi connectivity index (χ0n) is 13.6. The van der Waals surface area contributed by atoms with Gasteiger partial charge in [-0.1, -0.05) is 12.1 Å². The van der Waals surface area contributed by atoms with Crippen LogP contribution < -0.4 is 10.1 Å². The molecule has 3 fully saturated rings. The van der Waals surface area contributed by atoms with Crippen molar-refractivity contribution in [3.63, 3.8) is 0 Å². The van der Waals surface area contributed by atoms with Crippen LogP contribution in [0.2, 0.25) is 0 Å². The molecule has 0 bridgehead atoms. The molecule has 0 saturated carbocycles. The van der Waals surface area contributed by atoms with Crippen molar-refractivity contribution < 1.29 is 19.4 Å². The van der Waals surface area contributed by atoms with E-state index in [-0.39, 0.29) is 18.4 Å². The van der Waals surface area contributed by atoms with Gasteiger partial charge in [0.15, 0.2) is 0 Å². The molecule has 2 amide bonds. The predicted octanol–water partition coefficient (Wildman–Crippen LogP) is -0.659. The lowest BCUT2D eigenvalue weighted by Gasteiger charge is -2.54. The number of aliphatic hydroxyl groups excluding tert-OH is 1. The number of carbonyl (C=O) groups is 2. The van der Waals surface area contributed by atoms with Gasteiger partial charge >= 0.3 is 0 Å². The fraction of sp³-hybridized carbons (Fsp3) is 0.529. The molecule has 3 aliphatic rings. The molecule has 0 radical (unpaired) electrons.